The number of allylic oxidation sites excluding steroid dienone is 5. The molecule has 18 heavy (non-hydrogen) atoms. The van der Waals surface area contributed by atoms with Gasteiger partial charge in [-0.05, 0) is 24.3 Å². The fourth-order valence-corrected chi connectivity index (χ4v) is 2.33. The summed E-state index contributed by atoms with van der Waals surface area (Å²) in [5.74, 6) is 0. The first-order valence-electron chi connectivity index (χ1n) is 5.30. The van der Waals surface area contributed by atoms with Gasteiger partial charge in [0, 0.05) is 5.69 Å². The lowest BCUT2D eigenvalue weighted by molar-refractivity contribution is 0.608. The Morgan fingerprint density at radius 3 is 2.33 bits per heavy atom. The van der Waals surface area contributed by atoms with Crippen molar-refractivity contribution < 1.29 is 8.42 Å². The summed E-state index contributed by atoms with van der Waals surface area (Å²) in [6.07, 6.45) is 7.37. The number of rotatable bonds is 6. The molecule has 1 N–H and O–H groups in total. The van der Waals surface area contributed by atoms with Crippen LogP contribution in [0.1, 0.15) is 0 Å². The van der Waals surface area contributed by atoms with E-state index in [0.29, 0.717) is 5.69 Å². The molecule has 0 heterocycles. The molecule has 1 aromatic carbocycles. The van der Waals surface area contributed by atoms with Crippen molar-refractivity contribution in [1.29, 1.82) is 0 Å². The number of hydrogen-bond donors (Lipinski definition) is 1. The van der Waals surface area contributed by atoms with Crippen LogP contribution in [0, 0.1) is 0 Å². The first kappa shape index (κ1) is 14.0. The molecule has 94 valence electrons. The summed E-state index contributed by atoms with van der Waals surface area (Å²) in [6.45, 7) is 7.00. The van der Waals surface area contributed by atoms with Crippen LogP contribution in [0.5, 0.6) is 0 Å². The lowest BCUT2D eigenvalue weighted by Gasteiger charge is -2.08. The highest BCUT2D eigenvalue weighted by Crippen LogP contribution is 2.15. The summed E-state index contributed by atoms with van der Waals surface area (Å²) in [6, 6.07) is 8.69. The van der Waals surface area contributed by atoms with E-state index in [0.717, 1.165) is 0 Å². The zero-order chi connectivity index (χ0) is 13.4. The van der Waals surface area contributed by atoms with E-state index in [9.17, 15) is 8.42 Å². The highest BCUT2D eigenvalue weighted by atomic mass is 32.2. The van der Waals surface area contributed by atoms with E-state index in [1.807, 2.05) is 6.07 Å². The zero-order valence-electron chi connectivity index (χ0n) is 9.91. The maximum Gasteiger partial charge on any atom is 0.261 e. The molecule has 0 amide bonds. The summed E-state index contributed by atoms with van der Waals surface area (Å²) >= 11 is 0. The maximum atomic E-state index is 12.1. The van der Waals surface area contributed by atoms with Crippen molar-refractivity contribution >= 4 is 15.7 Å². The first-order valence-corrected chi connectivity index (χ1v) is 6.78. The van der Waals surface area contributed by atoms with Crippen molar-refractivity contribution in [3.8, 4) is 0 Å². The summed E-state index contributed by atoms with van der Waals surface area (Å²) in [5.41, 5.74) is 0.513. The van der Waals surface area contributed by atoms with Gasteiger partial charge in [-0.2, -0.15) is 0 Å². The van der Waals surface area contributed by atoms with Gasteiger partial charge >= 0.3 is 0 Å². The fraction of sp³-hybridized carbons (Fsp3) is 0. The van der Waals surface area contributed by atoms with Crippen molar-refractivity contribution in [3.05, 3.63) is 78.8 Å². The van der Waals surface area contributed by atoms with Gasteiger partial charge in [0.2, 0.25) is 0 Å². The van der Waals surface area contributed by atoms with Crippen LogP contribution in [0.15, 0.2) is 78.8 Å². The summed E-state index contributed by atoms with van der Waals surface area (Å²) in [4.78, 5) is 0.126. The molecule has 0 radical (unpaired) electrons. The topological polar surface area (TPSA) is 46.2 Å². The van der Waals surface area contributed by atoms with Crippen molar-refractivity contribution in [3.63, 3.8) is 0 Å². The van der Waals surface area contributed by atoms with E-state index in [-0.39, 0.29) is 4.91 Å². The Balaban J connectivity index is 3.04. The zero-order valence-corrected chi connectivity index (χ0v) is 10.7. The van der Waals surface area contributed by atoms with Crippen LogP contribution in [0.2, 0.25) is 0 Å². The average Bonchev–Trinajstić information content (AvgIpc) is 2.35. The van der Waals surface area contributed by atoms with Crippen molar-refractivity contribution in [2.75, 3.05) is 4.72 Å². The lowest BCUT2D eigenvalue weighted by atomic mass is 10.3. The second kappa shape index (κ2) is 6.61. The normalized spacial score (nSPS) is 12.3. The largest absolute Gasteiger partial charge is 0.280 e. The van der Waals surface area contributed by atoms with Crippen molar-refractivity contribution in [2.45, 2.75) is 0 Å². The Bertz CT molecular complexity index is 569. The predicted octanol–water partition coefficient (Wildman–Crippen LogP) is 3.24. The molecule has 4 heteroatoms. The molecule has 0 unspecified atom stereocenters. The third-order valence-corrected chi connectivity index (χ3v) is 3.41. The minimum absolute atomic E-state index is 0.126. The van der Waals surface area contributed by atoms with E-state index in [2.05, 4.69) is 17.9 Å². The van der Waals surface area contributed by atoms with Crippen LogP contribution in [0.3, 0.4) is 0 Å². The van der Waals surface area contributed by atoms with Gasteiger partial charge in [-0.3, -0.25) is 4.72 Å². The van der Waals surface area contributed by atoms with Crippen LogP contribution in [-0.2, 0) is 10.0 Å². The molecule has 0 saturated carbocycles. The van der Waals surface area contributed by atoms with E-state index < -0.39 is 10.0 Å². The SMILES string of the molecule is C=C/C=C\C(=C/C=C)S(=O)(=O)Nc1ccccc1. The van der Waals surface area contributed by atoms with Gasteiger partial charge in [0.05, 0.1) is 4.91 Å². The highest BCUT2D eigenvalue weighted by Gasteiger charge is 2.13. The monoisotopic (exact) mass is 261 g/mol. The molecule has 1 aromatic rings. The van der Waals surface area contributed by atoms with Crippen molar-refractivity contribution in [1.82, 2.24) is 0 Å². The smallest absolute Gasteiger partial charge is 0.261 e. The molecule has 0 fully saturated rings. The molecule has 0 spiro atoms. The Morgan fingerprint density at radius 1 is 1.11 bits per heavy atom. The molecule has 1 rings (SSSR count). The second-order valence-corrected chi connectivity index (χ2v) is 5.05. The summed E-state index contributed by atoms with van der Waals surface area (Å²) < 4.78 is 26.6. The third kappa shape index (κ3) is 4.07. The van der Waals surface area contributed by atoms with Crippen LogP contribution in [0.4, 0.5) is 5.69 Å². The van der Waals surface area contributed by atoms with Gasteiger partial charge in [0.15, 0.2) is 0 Å². The Morgan fingerprint density at radius 2 is 1.78 bits per heavy atom. The minimum Gasteiger partial charge on any atom is -0.280 e. The molecule has 0 aliphatic heterocycles. The first-order chi connectivity index (χ1) is 8.60. The summed E-state index contributed by atoms with van der Waals surface area (Å²) in [7, 11) is -3.60. The highest BCUT2D eigenvalue weighted by molar-refractivity contribution is 7.96. The van der Waals surface area contributed by atoms with Gasteiger partial charge in [-0.15, -0.1) is 0 Å². The molecule has 0 aliphatic carbocycles. The minimum atomic E-state index is -3.60. The molecule has 0 bridgehead atoms. The Labute approximate surface area is 108 Å². The number of anilines is 1. The molecule has 3 nitrogen and oxygen atoms in total. The summed E-state index contributed by atoms with van der Waals surface area (Å²) in [5, 5.41) is 0. The maximum absolute atomic E-state index is 12.1. The van der Waals surface area contributed by atoms with E-state index >= 15 is 0 Å². The lowest BCUT2D eigenvalue weighted by Crippen LogP contribution is -2.13. The Kier molecular flexibility index (Phi) is 5.14. The molecule has 0 aromatic heterocycles. The molecular formula is C14H15NO2S. The second-order valence-electron chi connectivity index (χ2n) is 3.37. The van der Waals surface area contributed by atoms with Crippen LogP contribution < -0.4 is 4.72 Å². The number of para-hydroxylation sites is 1. The van der Waals surface area contributed by atoms with Crippen LogP contribution in [0.25, 0.3) is 0 Å². The number of hydrogen-bond acceptors (Lipinski definition) is 2. The van der Waals surface area contributed by atoms with Gasteiger partial charge in [0.1, 0.15) is 0 Å². The van der Waals surface area contributed by atoms with Gasteiger partial charge < -0.3 is 0 Å². The molecule has 0 atom stereocenters. The van der Waals surface area contributed by atoms with Gasteiger partial charge in [-0.25, -0.2) is 8.42 Å². The predicted molar refractivity (Wildman–Crippen MR) is 76.6 cm³/mol. The number of benzene rings is 1. The number of nitrogens with one attached hydrogen (secondary N) is 1. The Hall–Kier alpha value is -2.07. The van der Waals surface area contributed by atoms with E-state index in [1.165, 1.54) is 24.3 Å². The fourth-order valence-electron chi connectivity index (χ4n) is 1.23. The molecule has 0 aliphatic rings. The molecular weight excluding hydrogens is 246 g/mol. The molecule has 0 saturated heterocycles. The van der Waals surface area contributed by atoms with E-state index in [4.69, 9.17) is 0 Å². The average molecular weight is 261 g/mol. The quantitative estimate of drug-likeness (QED) is 0.799. The van der Waals surface area contributed by atoms with Crippen molar-refractivity contribution in [2.24, 2.45) is 0 Å². The van der Waals surface area contributed by atoms with Gasteiger partial charge in [0.25, 0.3) is 10.0 Å². The third-order valence-electron chi connectivity index (χ3n) is 2.01. The van der Waals surface area contributed by atoms with Gasteiger partial charge in [-0.1, -0.05) is 49.6 Å². The number of sulfonamides is 1. The van der Waals surface area contributed by atoms with E-state index in [1.54, 1.807) is 30.3 Å². The standard InChI is InChI=1S/C14H15NO2S/c1-3-5-12-14(9-4-2)18(16,17)15-13-10-7-6-8-11-13/h3-12,15H,1-2H2/b12-5-,14-9+. The van der Waals surface area contributed by atoms with Crippen LogP contribution >= 0.6 is 0 Å². The van der Waals surface area contributed by atoms with Crippen LogP contribution in [-0.4, -0.2) is 8.42 Å².